The van der Waals surface area contributed by atoms with Crippen LogP contribution in [-0.4, -0.2) is 24.2 Å². The summed E-state index contributed by atoms with van der Waals surface area (Å²) in [4.78, 5) is 11.7. The summed E-state index contributed by atoms with van der Waals surface area (Å²) in [5, 5.41) is 7.65. The number of nitrogens with zero attached hydrogens (tertiary/aromatic N) is 1. The molecule has 0 spiro atoms. The van der Waals surface area contributed by atoms with Crippen molar-refractivity contribution in [1.29, 1.82) is 0 Å². The van der Waals surface area contributed by atoms with E-state index in [4.69, 9.17) is 10.3 Å². The first-order chi connectivity index (χ1) is 8.70. The van der Waals surface area contributed by atoms with Crippen LogP contribution in [0.2, 0.25) is 0 Å². The summed E-state index contributed by atoms with van der Waals surface area (Å²) >= 11 is 0. The molecule has 0 aliphatic rings. The van der Waals surface area contributed by atoms with E-state index in [0.717, 1.165) is 17.4 Å². The zero-order valence-corrected chi connectivity index (χ0v) is 10.4. The van der Waals surface area contributed by atoms with Crippen molar-refractivity contribution in [2.75, 3.05) is 13.1 Å². The molecule has 96 valence electrons. The minimum atomic E-state index is -0.0554. The molecule has 0 saturated heterocycles. The number of aromatic nitrogens is 1. The number of carbonyl (C=O) groups is 1. The molecule has 0 bridgehead atoms. The van der Waals surface area contributed by atoms with Gasteiger partial charge in [0, 0.05) is 11.9 Å². The Balaban J connectivity index is 2.07. The maximum atomic E-state index is 11.7. The Kier molecular flexibility index (Phi) is 3.94. The van der Waals surface area contributed by atoms with Crippen LogP contribution < -0.4 is 11.1 Å². The summed E-state index contributed by atoms with van der Waals surface area (Å²) in [5.74, 6) is -0.0554. The molecular formula is C13H17N3O2. The summed E-state index contributed by atoms with van der Waals surface area (Å²) in [5.41, 5.74) is 7.88. The molecule has 1 amide bonds. The molecule has 0 aliphatic heterocycles. The number of hydrogen-bond acceptors (Lipinski definition) is 4. The molecule has 1 heterocycles. The van der Waals surface area contributed by atoms with Crippen molar-refractivity contribution < 1.29 is 9.32 Å². The van der Waals surface area contributed by atoms with E-state index < -0.39 is 0 Å². The molecule has 1 aromatic heterocycles. The van der Waals surface area contributed by atoms with Gasteiger partial charge in [0.2, 0.25) is 5.91 Å². The average molecular weight is 247 g/mol. The fourth-order valence-corrected chi connectivity index (χ4v) is 1.77. The Hall–Kier alpha value is -1.88. The van der Waals surface area contributed by atoms with Gasteiger partial charge in [0.15, 0.2) is 5.58 Å². The van der Waals surface area contributed by atoms with E-state index in [0.29, 0.717) is 24.4 Å². The molecular weight excluding hydrogens is 230 g/mol. The normalized spacial score (nSPS) is 10.8. The molecule has 18 heavy (non-hydrogen) atoms. The van der Waals surface area contributed by atoms with Gasteiger partial charge in [-0.05, 0) is 32.0 Å². The highest BCUT2D eigenvalue weighted by molar-refractivity contribution is 5.86. The second kappa shape index (κ2) is 5.64. The molecule has 0 fully saturated rings. The predicted octanol–water partition coefficient (Wildman–Crippen LogP) is 1.14. The third kappa shape index (κ3) is 2.87. The smallest absolute Gasteiger partial charge is 0.226 e. The maximum Gasteiger partial charge on any atom is 0.226 e. The number of benzene rings is 1. The Bertz CT molecular complexity index is 548. The lowest BCUT2D eigenvalue weighted by Crippen LogP contribution is -2.27. The first kappa shape index (κ1) is 12.6. The number of amides is 1. The topological polar surface area (TPSA) is 81.2 Å². The molecule has 5 heteroatoms. The van der Waals surface area contributed by atoms with E-state index in [1.165, 1.54) is 0 Å². The highest BCUT2D eigenvalue weighted by atomic mass is 16.5. The third-order valence-electron chi connectivity index (χ3n) is 2.73. The van der Waals surface area contributed by atoms with Gasteiger partial charge < -0.3 is 15.6 Å². The molecule has 3 N–H and O–H groups in total. The molecule has 2 rings (SSSR count). The van der Waals surface area contributed by atoms with Crippen molar-refractivity contribution in [1.82, 2.24) is 10.5 Å². The van der Waals surface area contributed by atoms with Crippen LogP contribution in [0.15, 0.2) is 22.7 Å². The van der Waals surface area contributed by atoms with Gasteiger partial charge >= 0.3 is 0 Å². The first-order valence-corrected chi connectivity index (χ1v) is 6.02. The van der Waals surface area contributed by atoms with Crippen LogP contribution in [0.3, 0.4) is 0 Å². The Labute approximate surface area is 105 Å². The number of hydrogen-bond donors (Lipinski definition) is 2. The van der Waals surface area contributed by atoms with Gasteiger partial charge in [0.05, 0.1) is 6.42 Å². The molecule has 0 saturated carbocycles. The molecule has 2 aromatic rings. The number of rotatable bonds is 5. The van der Waals surface area contributed by atoms with Crippen LogP contribution in [0.25, 0.3) is 11.0 Å². The first-order valence-electron chi connectivity index (χ1n) is 6.02. The number of carbonyl (C=O) groups excluding carboxylic acids is 1. The fraction of sp³-hybridized carbons (Fsp3) is 0.385. The minimum absolute atomic E-state index is 0.0554. The van der Waals surface area contributed by atoms with Crippen molar-refractivity contribution in [2.45, 2.75) is 19.8 Å². The van der Waals surface area contributed by atoms with Gasteiger partial charge in [-0.1, -0.05) is 16.8 Å². The Morgan fingerprint density at radius 2 is 2.33 bits per heavy atom. The molecule has 0 radical (unpaired) electrons. The number of nitrogens with two attached hydrogens (primary N) is 1. The predicted molar refractivity (Wildman–Crippen MR) is 69.1 cm³/mol. The van der Waals surface area contributed by atoms with Gasteiger partial charge in [-0.2, -0.15) is 0 Å². The lowest BCUT2D eigenvalue weighted by Gasteiger charge is -2.02. The zero-order chi connectivity index (χ0) is 13.0. The molecule has 0 aliphatic carbocycles. The van der Waals surface area contributed by atoms with Gasteiger partial charge in [-0.15, -0.1) is 0 Å². The monoisotopic (exact) mass is 247 g/mol. The van der Waals surface area contributed by atoms with E-state index in [1.807, 2.05) is 25.1 Å². The van der Waals surface area contributed by atoms with Crippen LogP contribution in [-0.2, 0) is 11.2 Å². The van der Waals surface area contributed by atoms with Gasteiger partial charge in [-0.3, -0.25) is 4.79 Å². The molecule has 5 nitrogen and oxygen atoms in total. The zero-order valence-electron chi connectivity index (χ0n) is 10.4. The van der Waals surface area contributed by atoms with Crippen molar-refractivity contribution >= 4 is 16.9 Å². The van der Waals surface area contributed by atoms with Crippen LogP contribution >= 0.6 is 0 Å². The number of aryl methyl sites for hydroxylation is 1. The minimum Gasteiger partial charge on any atom is -0.356 e. The van der Waals surface area contributed by atoms with Crippen molar-refractivity contribution in [2.24, 2.45) is 5.73 Å². The second-order valence-electron chi connectivity index (χ2n) is 4.30. The number of fused-ring (bicyclic) bond motifs is 1. The van der Waals surface area contributed by atoms with Crippen LogP contribution in [0.5, 0.6) is 0 Å². The molecule has 0 atom stereocenters. The van der Waals surface area contributed by atoms with E-state index in [-0.39, 0.29) is 12.3 Å². The Morgan fingerprint density at radius 1 is 1.50 bits per heavy atom. The van der Waals surface area contributed by atoms with Crippen LogP contribution in [0, 0.1) is 6.92 Å². The summed E-state index contributed by atoms with van der Waals surface area (Å²) in [6, 6.07) is 5.81. The summed E-state index contributed by atoms with van der Waals surface area (Å²) in [6.45, 7) is 3.17. The summed E-state index contributed by atoms with van der Waals surface area (Å²) in [7, 11) is 0. The summed E-state index contributed by atoms with van der Waals surface area (Å²) in [6.07, 6.45) is 1.02. The lowest BCUT2D eigenvalue weighted by atomic mass is 10.1. The van der Waals surface area contributed by atoms with Gasteiger partial charge in [0.1, 0.15) is 5.69 Å². The molecule has 0 unspecified atom stereocenters. The van der Waals surface area contributed by atoms with E-state index >= 15 is 0 Å². The highest BCUT2D eigenvalue weighted by Gasteiger charge is 2.11. The lowest BCUT2D eigenvalue weighted by molar-refractivity contribution is -0.120. The largest absolute Gasteiger partial charge is 0.356 e. The van der Waals surface area contributed by atoms with Crippen LogP contribution in [0.1, 0.15) is 17.7 Å². The van der Waals surface area contributed by atoms with E-state index in [1.54, 1.807) is 0 Å². The van der Waals surface area contributed by atoms with Crippen molar-refractivity contribution in [3.8, 4) is 0 Å². The van der Waals surface area contributed by atoms with E-state index in [2.05, 4.69) is 10.5 Å². The Morgan fingerprint density at radius 3 is 3.11 bits per heavy atom. The van der Waals surface area contributed by atoms with Gasteiger partial charge in [-0.25, -0.2) is 0 Å². The quantitative estimate of drug-likeness (QED) is 0.776. The maximum absolute atomic E-state index is 11.7. The van der Waals surface area contributed by atoms with Crippen molar-refractivity contribution in [3.05, 3.63) is 29.5 Å². The second-order valence-corrected chi connectivity index (χ2v) is 4.30. The summed E-state index contributed by atoms with van der Waals surface area (Å²) < 4.78 is 5.18. The average Bonchev–Trinajstić information content (AvgIpc) is 2.72. The van der Waals surface area contributed by atoms with Gasteiger partial charge in [0.25, 0.3) is 0 Å². The third-order valence-corrected chi connectivity index (χ3v) is 2.73. The van der Waals surface area contributed by atoms with E-state index in [9.17, 15) is 4.79 Å². The SMILES string of the molecule is Cc1ccc2onc(CC(=O)NCCCN)c2c1. The van der Waals surface area contributed by atoms with Crippen molar-refractivity contribution in [3.63, 3.8) is 0 Å². The number of nitrogens with one attached hydrogen (secondary N) is 1. The van der Waals surface area contributed by atoms with Crippen LogP contribution in [0.4, 0.5) is 0 Å². The standard InChI is InChI=1S/C13H17N3O2/c1-9-3-4-12-10(7-9)11(16-18-12)8-13(17)15-6-2-5-14/h3-4,7H,2,5-6,8,14H2,1H3,(H,15,17). The highest BCUT2D eigenvalue weighted by Crippen LogP contribution is 2.20. The fourth-order valence-electron chi connectivity index (χ4n) is 1.77. The molecule has 1 aromatic carbocycles.